The fourth-order valence-electron chi connectivity index (χ4n) is 3.22. The number of nitrogens with two attached hydrogens (primary N) is 1. The number of H-pyrrole nitrogens is 1. The van der Waals surface area contributed by atoms with Crippen LogP contribution in [0.2, 0.25) is 0 Å². The summed E-state index contributed by atoms with van der Waals surface area (Å²) >= 11 is 1.55. The smallest absolute Gasteiger partial charge is 0.206 e. The highest BCUT2D eigenvalue weighted by atomic mass is 32.1. The van der Waals surface area contributed by atoms with Crippen molar-refractivity contribution in [2.75, 3.05) is 11.9 Å². The Labute approximate surface area is 168 Å². The Balaban J connectivity index is 1.29. The number of nitrogens with one attached hydrogen (secondary N) is 2. The molecule has 28 heavy (non-hydrogen) atoms. The monoisotopic (exact) mass is 392 g/mol. The molecule has 0 saturated heterocycles. The summed E-state index contributed by atoms with van der Waals surface area (Å²) in [6.07, 6.45) is 3.12. The molecule has 0 aliphatic carbocycles. The summed E-state index contributed by atoms with van der Waals surface area (Å²) in [5, 5.41) is 22.0. The van der Waals surface area contributed by atoms with Crippen molar-refractivity contribution in [3.05, 3.63) is 59.8 Å². The number of rotatable bonds is 8. The molecule has 0 fully saturated rings. The van der Waals surface area contributed by atoms with Gasteiger partial charge in [0.1, 0.15) is 5.01 Å². The van der Waals surface area contributed by atoms with Crippen LogP contribution in [-0.4, -0.2) is 33.0 Å². The number of aromatic amines is 1. The van der Waals surface area contributed by atoms with Crippen molar-refractivity contribution < 1.29 is 0 Å². The van der Waals surface area contributed by atoms with Gasteiger partial charge < -0.3 is 11.1 Å². The first-order valence-corrected chi connectivity index (χ1v) is 10.3. The highest BCUT2D eigenvalue weighted by Gasteiger charge is 2.10. The molecule has 1 atom stereocenters. The molecule has 2 aromatic carbocycles. The Morgan fingerprint density at radius 1 is 1.14 bits per heavy atom. The van der Waals surface area contributed by atoms with E-state index in [1.54, 1.807) is 11.3 Å². The van der Waals surface area contributed by atoms with E-state index in [0.29, 0.717) is 6.54 Å². The predicted octanol–water partition coefficient (Wildman–Crippen LogP) is 4.15. The van der Waals surface area contributed by atoms with Crippen LogP contribution in [-0.2, 0) is 6.42 Å². The van der Waals surface area contributed by atoms with E-state index in [2.05, 4.69) is 56.0 Å². The maximum Gasteiger partial charge on any atom is 0.206 e. The molecular weight excluding hydrogens is 368 g/mol. The van der Waals surface area contributed by atoms with Crippen LogP contribution in [0.4, 0.5) is 5.13 Å². The summed E-state index contributed by atoms with van der Waals surface area (Å²) < 4.78 is 0. The Hall–Kier alpha value is -2.77. The van der Waals surface area contributed by atoms with Gasteiger partial charge in [0.05, 0.1) is 11.2 Å². The molecule has 0 amide bonds. The van der Waals surface area contributed by atoms with Crippen LogP contribution in [0.5, 0.6) is 0 Å². The van der Waals surface area contributed by atoms with E-state index in [0.717, 1.165) is 51.6 Å². The fourth-order valence-corrected chi connectivity index (χ4v) is 3.97. The lowest BCUT2D eigenvalue weighted by Gasteiger charge is -2.11. The van der Waals surface area contributed by atoms with Crippen molar-refractivity contribution in [1.82, 2.24) is 20.4 Å². The third kappa shape index (κ3) is 4.37. The Kier molecular flexibility index (Phi) is 5.64. The third-order valence-electron chi connectivity index (χ3n) is 4.82. The Morgan fingerprint density at radius 2 is 2.00 bits per heavy atom. The van der Waals surface area contributed by atoms with E-state index >= 15 is 0 Å². The van der Waals surface area contributed by atoms with Gasteiger partial charge in [-0.1, -0.05) is 41.7 Å². The molecule has 0 bridgehead atoms. The molecule has 6 nitrogen and oxygen atoms in total. The van der Waals surface area contributed by atoms with Gasteiger partial charge in [-0.3, -0.25) is 5.10 Å². The second-order valence-electron chi connectivity index (χ2n) is 7.00. The maximum absolute atomic E-state index is 6.25. The molecule has 0 saturated carbocycles. The quantitative estimate of drug-likeness (QED) is 0.419. The zero-order chi connectivity index (χ0) is 19.3. The summed E-state index contributed by atoms with van der Waals surface area (Å²) in [7, 11) is 0. The molecule has 0 radical (unpaired) electrons. The van der Waals surface area contributed by atoms with Crippen LogP contribution < -0.4 is 11.1 Å². The molecule has 4 rings (SSSR count). The van der Waals surface area contributed by atoms with Crippen molar-refractivity contribution in [2.45, 2.75) is 32.2 Å². The maximum atomic E-state index is 6.25. The third-order valence-corrected chi connectivity index (χ3v) is 5.75. The van der Waals surface area contributed by atoms with Crippen LogP contribution in [0, 0.1) is 6.92 Å². The Morgan fingerprint density at radius 3 is 2.86 bits per heavy atom. The number of benzene rings is 2. The van der Waals surface area contributed by atoms with Gasteiger partial charge in [0.15, 0.2) is 0 Å². The molecular formula is C21H24N6S. The number of fused-ring (bicyclic) bond motifs is 1. The van der Waals surface area contributed by atoms with Crippen LogP contribution >= 0.6 is 11.3 Å². The van der Waals surface area contributed by atoms with Crippen molar-refractivity contribution >= 4 is 27.4 Å². The van der Waals surface area contributed by atoms with Gasteiger partial charge >= 0.3 is 0 Å². The fraction of sp³-hybridized carbons (Fsp3) is 0.286. The van der Waals surface area contributed by atoms with Gasteiger partial charge in [-0.2, -0.15) is 5.10 Å². The zero-order valence-electron chi connectivity index (χ0n) is 15.9. The largest absolute Gasteiger partial charge is 0.359 e. The lowest BCUT2D eigenvalue weighted by molar-refractivity contribution is 0.603. The number of aryl methyl sites for hydroxylation is 2. The number of hydrogen-bond donors (Lipinski definition) is 3. The van der Waals surface area contributed by atoms with Crippen molar-refractivity contribution in [2.24, 2.45) is 5.73 Å². The number of hydrogen-bond acceptors (Lipinski definition) is 6. The molecule has 0 spiro atoms. The van der Waals surface area contributed by atoms with E-state index in [1.165, 1.54) is 5.56 Å². The highest BCUT2D eigenvalue weighted by Crippen LogP contribution is 2.29. The van der Waals surface area contributed by atoms with Gasteiger partial charge in [0, 0.05) is 23.5 Å². The lowest BCUT2D eigenvalue weighted by Crippen LogP contribution is -2.29. The molecule has 7 heteroatoms. The summed E-state index contributed by atoms with van der Waals surface area (Å²) in [6, 6.07) is 16.8. The van der Waals surface area contributed by atoms with E-state index in [-0.39, 0.29) is 6.04 Å². The van der Waals surface area contributed by atoms with Gasteiger partial charge in [-0.05, 0) is 49.9 Å². The second-order valence-corrected chi connectivity index (χ2v) is 7.98. The normalized spacial score (nSPS) is 12.4. The average molecular weight is 393 g/mol. The molecule has 2 aromatic heterocycles. The average Bonchev–Trinajstić information content (AvgIpc) is 3.34. The van der Waals surface area contributed by atoms with E-state index in [1.807, 2.05) is 25.1 Å². The summed E-state index contributed by atoms with van der Waals surface area (Å²) in [6.45, 7) is 2.69. The minimum absolute atomic E-state index is 0.0981. The Bertz CT molecular complexity index is 1040. The highest BCUT2D eigenvalue weighted by molar-refractivity contribution is 7.18. The standard InChI is InChI=1S/C21H24N6S/c1-14-18-12-16(10-11-19(18)25-24-14)20-26-27-21(28-20)23-13-17(22)9-5-8-15-6-3-2-4-7-15/h2-4,6-7,10-12,17H,5,8-9,13,22H2,1H3,(H,23,27)(H,24,25)/t17-/m0/s1. The first-order valence-electron chi connectivity index (χ1n) is 9.51. The van der Waals surface area contributed by atoms with Crippen LogP contribution in [0.25, 0.3) is 21.5 Å². The minimum Gasteiger partial charge on any atom is -0.359 e. The van der Waals surface area contributed by atoms with Gasteiger partial charge in [0.25, 0.3) is 0 Å². The van der Waals surface area contributed by atoms with Gasteiger partial charge in [0.2, 0.25) is 5.13 Å². The molecule has 2 heterocycles. The van der Waals surface area contributed by atoms with E-state index in [9.17, 15) is 0 Å². The molecule has 4 aromatic rings. The zero-order valence-corrected chi connectivity index (χ0v) is 16.7. The second kappa shape index (κ2) is 8.50. The van der Waals surface area contributed by atoms with Crippen molar-refractivity contribution in [3.63, 3.8) is 0 Å². The first-order chi connectivity index (χ1) is 13.7. The SMILES string of the molecule is Cc1n[nH]c2ccc(-c3nnc(NC[C@@H](N)CCCc4ccccc4)s3)cc12. The molecule has 0 aliphatic rings. The number of aromatic nitrogens is 4. The summed E-state index contributed by atoms with van der Waals surface area (Å²) in [4.78, 5) is 0. The molecule has 4 N–H and O–H groups in total. The molecule has 0 unspecified atom stereocenters. The predicted molar refractivity (Wildman–Crippen MR) is 116 cm³/mol. The van der Waals surface area contributed by atoms with Crippen molar-refractivity contribution in [3.8, 4) is 10.6 Å². The summed E-state index contributed by atoms with van der Waals surface area (Å²) in [5.74, 6) is 0. The number of anilines is 1. The summed E-state index contributed by atoms with van der Waals surface area (Å²) in [5.41, 5.74) is 10.7. The van der Waals surface area contributed by atoms with Crippen LogP contribution in [0.15, 0.2) is 48.5 Å². The van der Waals surface area contributed by atoms with E-state index < -0.39 is 0 Å². The lowest BCUT2D eigenvalue weighted by atomic mass is 10.1. The van der Waals surface area contributed by atoms with Crippen molar-refractivity contribution in [1.29, 1.82) is 0 Å². The molecule has 0 aliphatic heterocycles. The van der Waals surface area contributed by atoms with Gasteiger partial charge in [-0.25, -0.2) is 0 Å². The van der Waals surface area contributed by atoms with E-state index in [4.69, 9.17) is 5.73 Å². The van der Waals surface area contributed by atoms with Crippen LogP contribution in [0.3, 0.4) is 0 Å². The molecule has 144 valence electrons. The first kappa shape index (κ1) is 18.6. The minimum atomic E-state index is 0.0981. The topological polar surface area (TPSA) is 92.5 Å². The van der Waals surface area contributed by atoms with Gasteiger partial charge in [-0.15, -0.1) is 10.2 Å². The number of nitrogens with zero attached hydrogens (tertiary/aromatic N) is 3. The van der Waals surface area contributed by atoms with Crippen LogP contribution in [0.1, 0.15) is 24.1 Å².